The van der Waals surface area contributed by atoms with Gasteiger partial charge in [0, 0.05) is 6.54 Å². The van der Waals surface area contributed by atoms with Crippen LogP contribution in [0, 0.1) is 5.82 Å². The summed E-state index contributed by atoms with van der Waals surface area (Å²) in [5, 5.41) is 8.28. The molecule has 2 N–H and O–H groups in total. The molecule has 100 valence electrons. The lowest BCUT2D eigenvalue weighted by molar-refractivity contribution is -0.136. The van der Waals surface area contributed by atoms with Crippen LogP contribution in [0.15, 0.2) is 18.2 Å². The second-order valence-corrected chi connectivity index (χ2v) is 5.87. The molecule has 0 fully saturated rings. The summed E-state index contributed by atoms with van der Waals surface area (Å²) < 4.78 is 37.8. The van der Waals surface area contributed by atoms with Crippen LogP contribution in [0.25, 0.3) is 0 Å². The van der Waals surface area contributed by atoms with Crippen LogP contribution in [0.2, 0.25) is 5.02 Å². The van der Waals surface area contributed by atoms with E-state index >= 15 is 0 Å². The third kappa shape index (κ3) is 4.99. The standard InChI is InChI=1S/C10H11ClFNO4S/c11-8-5-7(1-2-9(8)12)6-13-18(16,17)4-3-10(14)15/h1-2,5,13H,3-4,6H2,(H,14,15). The summed E-state index contributed by atoms with van der Waals surface area (Å²) in [4.78, 5) is 10.3. The van der Waals surface area contributed by atoms with Crippen molar-refractivity contribution < 1.29 is 22.7 Å². The molecule has 0 atom stereocenters. The Morgan fingerprint density at radius 2 is 2.11 bits per heavy atom. The van der Waals surface area contributed by atoms with Gasteiger partial charge in [0.15, 0.2) is 0 Å². The molecule has 0 heterocycles. The van der Waals surface area contributed by atoms with E-state index in [0.29, 0.717) is 5.56 Å². The van der Waals surface area contributed by atoms with Gasteiger partial charge in [-0.25, -0.2) is 17.5 Å². The minimum Gasteiger partial charge on any atom is -0.481 e. The average molecular weight is 296 g/mol. The monoisotopic (exact) mass is 295 g/mol. The van der Waals surface area contributed by atoms with Gasteiger partial charge in [-0.2, -0.15) is 0 Å². The summed E-state index contributed by atoms with van der Waals surface area (Å²) >= 11 is 5.54. The summed E-state index contributed by atoms with van der Waals surface area (Å²) in [6.07, 6.45) is -0.473. The van der Waals surface area contributed by atoms with Crippen LogP contribution in [-0.2, 0) is 21.4 Å². The second-order valence-electron chi connectivity index (χ2n) is 3.53. The number of hydrogen-bond acceptors (Lipinski definition) is 3. The first-order valence-corrected chi connectivity index (χ1v) is 6.96. The highest BCUT2D eigenvalue weighted by Crippen LogP contribution is 2.15. The first-order valence-electron chi connectivity index (χ1n) is 4.93. The van der Waals surface area contributed by atoms with Crippen LogP contribution < -0.4 is 4.72 Å². The van der Waals surface area contributed by atoms with Crippen LogP contribution in [-0.4, -0.2) is 25.2 Å². The quantitative estimate of drug-likeness (QED) is 0.830. The number of aliphatic carboxylic acids is 1. The fourth-order valence-electron chi connectivity index (χ4n) is 1.14. The number of halogens is 2. The molecule has 0 amide bonds. The Hall–Kier alpha value is -1.18. The Labute approximate surface area is 109 Å². The molecule has 0 radical (unpaired) electrons. The van der Waals surface area contributed by atoms with Crippen LogP contribution in [0.5, 0.6) is 0 Å². The van der Waals surface area contributed by atoms with E-state index in [1.165, 1.54) is 12.1 Å². The van der Waals surface area contributed by atoms with Gasteiger partial charge in [0.05, 0.1) is 17.2 Å². The normalized spacial score (nSPS) is 11.4. The number of sulfonamides is 1. The van der Waals surface area contributed by atoms with Crippen molar-refractivity contribution >= 4 is 27.6 Å². The first-order chi connectivity index (χ1) is 8.30. The molecule has 5 nitrogen and oxygen atoms in total. The molecule has 1 aromatic rings. The van der Waals surface area contributed by atoms with Gasteiger partial charge in [-0.15, -0.1) is 0 Å². The third-order valence-electron chi connectivity index (χ3n) is 2.06. The van der Waals surface area contributed by atoms with Crippen molar-refractivity contribution in [1.29, 1.82) is 0 Å². The Kier molecular flexibility index (Phi) is 5.06. The van der Waals surface area contributed by atoms with Gasteiger partial charge >= 0.3 is 5.97 Å². The van der Waals surface area contributed by atoms with E-state index in [1.807, 2.05) is 0 Å². The fourth-order valence-corrected chi connectivity index (χ4v) is 2.31. The van der Waals surface area contributed by atoms with Gasteiger partial charge in [0.1, 0.15) is 5.82 Å². The molecule has 0 spiro atoms. The minimum absolute atomic E-state index is 0.0675. The molecule has 1 aromatic carbocycles. The van der Waals surface area contributed by atoms with Crippen molar-refractivity contribution in [3.8, 4) is 0 Å². The molecule has 0 saturated carbocycles. The zero-order chi connectivity index (χ0) is 13.8. The number of nitrogens with one attached hydrogen (secondary N) is 1. The molecule has 1 rings (SSSR count). The number of benzene rings is 1. The number of carboxylic acid groups (broad SMARTS) is 1. The zero-order valence-corrected chi connectivity index (χ0v) is 10.8. The lowest BCUT2D eigenvalue weighted by Crippen LogP contribution is -2.27. The van der Waals surface area contributed by atoms with Crippen molar-refractivity contribution in [2.45, 2.75) is 13.0 Å². The van der Waals surface area contributed by atoms with Crippen LogP contribution in [0.4, 0.5) is 4.39 Å². The highest BCUT2D eigenvalue weighted by atomic mass is 35.5. The second kappa shape index (κ2) is 6.12. The third-order valence-corrected chi connectivity index (χ3v) is 3.68. The van der Waals surface area contributed by atoms with Gasteiger partial charge in [0.2, 0.25) is 10.0 Å². The molecular formula is C10H11ClFNO4S. The van der Waals surface area contributed by atoms with E-state index in [0.717, 1.165) is 6.07 Å². The summed E-state index contributed by atoms with van der Waals surface area (Å²) in [5.41, 5.74) is 0.486. The lowest BCUT2D eigenvalue weighted by atomic mass is 10.2. The molecule has 0 bridgehead atoms. The SMILES string of the molecule is O=C(O)CCS(=O)(=O)NCc1ccc(F)c(Cl)c1. The molecule has 0 aliphatic rings. The van der Waals surface area contributed by atoms with Gasteiger partial charge in [0.25, 0.3) is 0 Å². The average Bonchev–Trinajstić information content (AvgIpc) is 2.28. The van der Waals surface area contributed by atoms with Crippen molar-refractivity contribution in [1.82, 2.24) is 4.72 Å². The molecule has 8 heteroatoms. The summed E-state index contributed by atoms with van der Waals surface area (Å²) in [6, 6.07) is 3.82. The van der Waals surface area contributed by atoms with Gasteiger partial charge in [-0.05, 0) is 17.7 Å². The largest absolute Gasteiger partial charge is 0.481 e. The number of carbonyl (C=O) groups is 1. The van der Waals surface area contributed by atoms with Gasteiger partial charge in [-0.1, -0.05) is 17.7 Å². The van der Waals surface area contributed by atoms with Crippen LogP contribution >= 0.6 is 11.6 Å². The maximum absolute atomic E-state index is 12.8. The molecule has 0 aliphatic heterocycles. The summed E-state index contributed by atoms with van der Waals surface area (Å²) in [7, 11) is -3.67. The van der Waals surface area contributed by atoms with E-state index in [4.69, 9.17) is 16.7 Å². The lowest BCUT2D eigenvalue weighted by Gasteiger charge is -2.06. The van der Waals surface area contributed by atoms with Crippen molar-refractivity contribution in [3.05, 3.63) is 34.6 Å². The molecular weight excluding hydrogens is 285 g/mol. The van der Waals surface area contributed by atoms with Crippen LogP contribution in [0.1, 0.15) is 12.0 Å². The smallest absolute Gasteiger partial charge is 0.304 e. The van der Waals surface area contributed by atoms with Crippen molar-refractivity contribution in [2.24, 2.45) is 0 Å². The number of rotatable bonds is 6. The Balaban J connectivity index is 2.59. The molecule has 18 heavy (non-hydrogen) atoms. The number of hydrogen-bond donors (Lipinski definition) is 2. The van der Waals surface area contributed by atoms with Crippen molar-refractivity contribution in [2.75, 3.05) is 5.75 Å². The van der Waals surface area contributed by atoms with Gasteiger partial charge in [-0.3, -0.25) is 4.79 Å². The van der Waals surface area contributed by atoms with E-state index in [2.05, 4.69) is 4.72 Å². The van der Waals surface area contributed by atoms with E-state index in [9.17, 15) is 17.6 Å². The van der Waals surface area contributed by atoms with Crippen LogP contribution in [0.3, 0.4) is 0 Å². The van der Waals surface area contributed by atoms with Gasteiger partial charge < -0.3 is 5.11 Å². The Bertz CT molecular complexity index is 547. The molecule has 0 unspecified atom stereocenters. The Morgan fingerprint density at radius 3 is 2.67 bits per heavy atom. The predicted molar refractivity (Wildman–Crippen MR) is 64.3 cm³/mol. The van der Waals surface area contributed by atoms with E-state index in [-0.39, 0.29) is 11.6 Å². The first kappa shape index (κ1) is 14.9. The highest BCUT2D eigenvalue weighted by Gasteiger charge is 2.12. The minimum atomic E-state index is -3.67. The zero-order valence-electron chi connectivity index (χ0n) is 9.19. The predicted octanol–water partition coefficient (Wildman–Crippen LogP) is 1.37. The molecule has 0 aromatic heterocycles. The Morgan fingerprint density at radius 1 is 1.44 bits per heavy atom. The summed E-state index contributed by atoms with van der Waals surface area (Å²) in [5.74, 6) is -2.28. The highest BCUT2D eigenvalue weighted by molar-refractivity contribution is 7.89. The van der Waals surface area contributed by atoms with Crippen molar-refractivity contribution in [3.63, 3.8) is 0 Å². The van der Waals surface area contributed by atoms with E-state index in [1.54, 1.807) is 0 Å². The summed E-state index contributed by atoms with van der Waals surface area (Å²) in [6.45, 7) is -0.0675. The topological polar surface area (TPSA) is 83.5 Å². The number of carboxylic acids is 1. The maximum Gasteiger partial charge on any atom is 0.304 e. The van der Waals surface area contributed by atoms with E-state index < -0.39 is 34.0 Å². The fraction of sp³-hybridized carbons (Fsp3) is 0.300. The molecule has 0 saturated heterocycles. The maximum atomic E-state index is 12.8. The molecule has 0 aliphatic carbocycles.